The van der Waals surface area contributed by atoms with Gasteiger partial charge in [0.15, 0.2) is 0 Å². The first-order chi connectivity index (χ1) is 19.7. The quantitative estimate of drug-likeness (QED) is 0.237. The lowest BCUT2D eigenvalue weighted by Crippen LogP contribution is -2.30. The van der Waals surface area contributed by atoms with Crippen LogP contribution < -0.4 is 20.4 Å². The largest absolute Gasteiger partial charge is 0.369 e. The number of aliphatic imine (C=N–C) groups is 1. The van der Waals surface area contributed by atoms with Gasteiger partial charge in [-0.15, -0.1) is 0 Å². The number of carbonyl (C=O) groups is 1. The topological polar surface area (TPSA) is 60.0 Å². The molecule has 0 radical (unpaired) electrons. The van der Waals surface area contributed by atoms with E-state index in [1.54, 1.807) is 6.08 Å². The molecule has 3 aromatic rings. The van der Waals surface area contributed by atoms with Crippen molar-refractivity contribution in [3.05, 3.63) is 102 Å². The van der Waals surface area contributed by atoms with Crippen molar-refractivity contribution in [1.82, 2.24) is 0 Å². The van der Waals surface area contributed by atoms with E-state index in [1.807, 2.05) is 54.6 Å². The van der Waals surface area contributed by atoms with Crippen LogP contribution in [0, 0.1) is 6.92 Å². The van der Waals surface area contributed by atoms with Crippen molar-refractivity contribution in [1.29, 1.82) is 0 Å². The summed E-state index contributed by atoms with van der Waals surface area (Å²) in [5.74, 6) is -0.106. The molecule has 2 N–H and O–H groups in total. The van der Waals surface area contributed by atoms with Gasteiger partial charge < -0.3 is 20.4 Å². The minimum Gasteiger partial charge on any atom is -0.369 e. The molecule has 4 rings (SSSR count). The molecule has 0 bridgehead atoms. The molecule has 3 aromatic carbocycles. The number of hydrogen-bond acceptors (Lipinski definition) is 6. The number of nitrogens with zero attached hydrogens (tertiary/aromatic N) is 3. The predicted molar refractivity (Wildman–Crippen MR) is 176 cm³/mol. The van der Waals surface area contributed by atoms with Crippen molar-refractivity contribution in [3.8, 4) is 0 Å². The van der Waals surface area contributed by atoms with Crippen molar-refractivity contribution in [2.75, 3.05) is 33.5 Å². The van der Waals surface area contributed by atoms with E-state index in [0.29, 0.717) is 29.2 Å². The first kappa shape index (κ1) is 29.7. The Bertz CT molecular complexity index is 1410. The average molecular weight is 550 g/mol. The van der Waals surface area contributed by atoms with Crippen LogP contribution in [0.5, 0.6) is 0 Å². The van der Waals surface area contributed by atoms with Crippen molar-refractivity contribution in [2.45, 2.75) is 60.5 Å². The molecule has 0 saturated heterocycles. The molecule has 0 heterocycles. The van der Waals surface area contributed by atoms with Gasteiger partial charge in [-0.25, -0.2) is 4.99 Å². The van der Waals surface area contributed by atoms with Gasteiger partial charge in [0, 0.05) is 54.0 Å². The second-order valence-corrected chi connectivity index (χ2v) is 10.9. The van der Waals surface area contributed by atoms with Crippen LogP contribution in [0.2, 0.25) is 0 Å². The summed E-state index contributed by atoms with van der Waals surface area (Å²) in [6.45, 7) is 17.0. The molecular formula is C35H43N5O. The summed E-state index contributed by atoms with van der Waals surface area (Å²) >= 11 is 0. The van der Waals surface area contributed by atoms with Gasteiger partial charge in [-0.05, 0) is 115 Å². The van der Waals surface area contributed by atoms with Gasteiger partial charge >= 0.3 is 0 Å². The monoisotopic (exact) mass is 549 g/mol. The van der Waals surface area contributed by atoms with E-state index in [0.717, 1.165) is 35.8 Å². The third-order valence-electron chi connectivity index (χ3n) is 7.27. The minimum atomic E-state index is -0.106. The van der Waals surface area contributed by atoms with Gasteiger partial charge in [-0.3, -0.25) is 4.79 Å². The number of rotatable bonds is 11. The Labute approximate surface area is 245 Å². The van der Waals surface area contributed by atoms with Crippen molar-refractivity contribution >= 4 is 39.9 Å². The van der Waals surface area contributed by atoms with Crippen LogP contribution in [0.15, 0.2) is 101 Å². The summed E-state index contributed by atoms with van der Waals surface area (Å²) in [7, 11) is 0. The molecule has 41 heavy (non-hydrogen) atoms. The molecule has 0 fully saturated rings. The smallest absolute Gasteiger partial charge is 0.204 e. The van der Waals surface area contributed by atoms with Gasteiger partial charge in [0.05, 0.1) is 22.8 Å². The number of carbonyl (C=O) groups excluding carboxylic acids is 1. The zero-order valence-corrected chi connectivity index (χ0v) is 25.4. The second-order valence-electron chi connectivity index (χ2n) is 10.9. The molecule has 1 aliphatic rings. The standard InChI is InChI=1S/C35H43N5O/c1-8-39(24(3)4)30-18-14-28(15-19-30)36-32-22-34(35(41)23-33(32)37-27-12-10-26(7)11-13-27)38-29-16-20-31(21-17-29)40(9-2)25(5)6/h10-25,37-38H,8-9H2,1-7H3. The Morgan fingerprint density at radius 3 is 1.61 bits per heavy atom. The lowest BCUT2D eigenvalue weighted by molar-refractivity contribution is -0.111. The highest BCUT2D eigenvalue weighted by molar-refractivity contribution is 6.24. The van der Waals surface area contributed by atoms with Crippen LogP contribution in [0.1, 0.15) is 47.1 Å². The Morgan fingerprint density at radius 1 is 0.659 bits per heavy atom. The average Bonchev–Trinajstić information content (AvgIpc) is 2.94. The van der Waals surface area contributed by atoms with Crippen LogP contribution in [-0.2, 0) is 4.79 Å². The zero-order chi connectivity index (χ0) is 29.5. The maximum Gasteiger partial charge on any atom is 0.204 e. The van der Waals surface area contributed by atoms with E-state index >= 15 is 0 Å². The number of benzene rings is 3. The van der Waals surface area contributed by atoms with E-state index < -0.39 is 0 Å². The number of ketones is 1. The summed E-state index contributed by atoms with van der Waals surface area (Å²) in [6.07, 6.45) is 3.46. The molecule has 0 atom stereocenters. The van der Waals surface area contributed by atoms with Crippen LogP contribution in [0.25, 0.3) is 0 Å². The Hall–Kier alpha value is -4.32. The van der Waals surface area contributed by atoms with Crippen LogP contribution in [0.4, 0.5) is 28.4 Å². The highest BCUT2D eigenvalue weighted by Gasteiger charge is 2.20. The van der Waals surface area contributed by atoms with Crippen molar-refractivity contribution in [2.24, 2.45) is 4.99 Å². The fourth-order valence-corrected chi connectivity index (χ4v) is 5.09. The van der Waals surface area contributed by atoms with Gasteiger partial charge in [0.1, 0.15) is 0 Å². The lowest BCUT2D eigenvalue weighted by atomic mass is 10.0. The molecular weight excluding hydrogens is 506 g/mol. The van der Waals surface area contributed by atoms with Gasteiger partial charge in [-0.2, -0.15) is 0 Å². The first-order valence-electron chi connectivity index (χ1n) is 14.6. The zero-order valence-electron chi connectivity index (χ0n) is 25.4. The highest BCUT2D eigenvalue weighted by Crippen LogP contribution is 2.26. The Balaban J connectivity index is 1.64. The van der Waals surface area contributed by atoms with E-state index in [2.05, 4.69) is 93.2 Å². The van der Waals surface area contributed by atoms with Crippen LogP contribution in [-0.4, -0.2) is 36.7 Å². The normalized spacial score (nSPS) is 14.3. The Kier molecular flexibility index (Phi) is 9.66. The lowest BCUT2D eigenvalue weighted by Gasteiger charge is -2.27. The fraction of sp³-hybridized carbons (Fsp3) is 0.314. The molecule has 0 saturated carbocycles. The van der Waals surface area contributed by atoms with E-state index in [-0.39, 0.29) is 5.78 Å². The maximum absolute atomic E-state index is 13.3. The minimum absolute atomic E-state index is 0.106. The summed E-state index contributed by atoms with van der Waals surface area (Å²) in [5.41, 5.74) is 7.91. The Morgan fingerprint density at radius 2 is 1.12 bits per heavy atom. The maximum atomic E-state index is 13.3. The van der Waals surface area contributed by atoms with Gasteiger partial charge in [-0.1, -0.05) is 17.7 Å². The number of nitrogens with one attached hydrogen (secondary N) is 2. The van der Waals surface area contributed by atoms with E-state index in [9.17, 15) is 4.79 Å². The summed E-state index contributed by atoms with van der Waals surface area (Å²) < 4.78 is 0. The van der Waals surface area contributed by atoms with Gasteiger partial charge in [0.25, 0.3) is 0 Å². The van der Waals surface area contributed by atoms with E-state index in [1.165, 1.54) is 11.3 Å². The molecule has 0 amide bonds. The number of allylic oxidation sites excluding steroid dienone is 2. The van der Waals surface area contributed by atoms with Crippen LogP contribution >= 0.6 is 0 Å². The molecule has 1 aliphatic carbocycles. The molecule has 0 aliphatic heterocycles. The molecule has 0 unspecified atom stereocenters. The number of anilines is 4. The SMILES string of the molecule is CCN(c1ccc(N=C2C=C(Nc3ccc(N(CC)C(C)C)cc3)C(=O)C=C2Nc2ccc(C)cc2)cc1)C(C)C. The highest BCUT2D eigenvalue weighted by atomic mass is 16.1. The second kappa shape index (κ2) is 13.4. The van der Waals surface area contributed by atoms with Crippen molar-refractivity contribution in [3.63, 3.8) is 0 Å². The first-order valence-corrected chi connectivity index (χ1v) is 14.6. The van der Waals surface area contributed by atoms with Gasteiger partial charge in [0.2, 0.25) is 5.78 Å². The summed E-state index contributed by atoms with van der Waals surface area (Å²) in [4.78, 5) is 22.9. The molecule has 6 heteroatoms. The van der Waals surface area contributed by atoms with Crippen LogP contribution in [0.3, 0.4) is 0 Å². The molecule has 0 spiro atoms. The number of hydrogen-bond donors (Lipinski definition) is 2. The molecule has 0 aromatic heterocycles. The third kappa shape index (κ3) is 7.46. The van der Waals surface area contributed by atoms with Crippen molar-refractivity contribution < 1.29 is 4.79 Å². The van der Waals surface area contributed by atoms with E-state index in [4.69, 9.17) is 4.99 Å². The summed E-state index contributed by atoms with van der Waals surface area (Å²) in [5, 5.41) is 6.74. The number of aryl methyl sites for hydroxylation is 1. The predicted octanol–water partition coefficient (Wildman–Crippen LogP) is 8.11. The fourth-order valence-electron chi connectivity index (χ4n) is 5.09. The molecule has 214 valence electrons. The molecule has 6 nitrogen and oxygen atoms in total. The summed E-state index contributed by atoms with van der Waals surface area (Å²) in [6, 6.07) is 25.4. The third-order valence-corrected chi connectivity index (χ3v) is 7.27.